The summed E-state index contributed by atoms with van der Waals surface area (Å²) < 4.78 is 5.41. The summed E-state index contributed by atoms with van der Waals surface area (Å²) in [5.74, 6) is 0. The maximum atomic E-state index is 10.1. The van der Waals surface area contributed by atoms with Crippen molar-refractivity contribution in [2.45, 2.75) is 44.8 Å². The van der Waals surface area contributed by atoms with Crippen molar-refractivity contribution in [2.24, 2.45) is 0 Å². The van der Waals surface area contributed by atoms with Crippen LogP contribution in [0.1, 0.15) is 26.0 Å². The molecule has 15 heavy (non-hydrogen) atoms. The van der Waals surface area contributed by atoms with Crippen LogP contribution >= 0.6 is 27.5 Å². The van der Waals surface area contributed by atoms with Gasteiger partial charge in [0.25, 0.3) is 0 Å². The molecule has 5 heteroatoms. The van der Waals surface area contributed by atoms with Crippen LogP contribution in [0.4, 0.5) is 0 Å². The van der Waals surface area contributed by atoms with Gasteiger partial charge >= 0.3 is 0 Å². The Morgan fingerprint density at radius 1 is 1.53 bits per heavy atom. The Morgan fingerprint density at radius 2 is 2.13 bits per heavy atom. The van der Waals surface area contributed by atoms with Crippen molar-refractivity contribution in [2.75, 3.05) is 0 Å². The van der Waals surface area contributed by atoms with Crippen LogP contribution < -0.4 is 0 Å². The van der Waals surface area contributed by atoms with E-state index in [2.05, 4.69) is 40.2 Å². The van der Waals surface area contributed by atoms with E-state index in [0.717, 1.165) is 22.3 Å². The zero-order valence-corrected chi connectivity index (χ0v) is 13.1. The number of nitrogens with zero attached hydrogens (tertiary/aromatic N) is 1. The number of aryl methyl sites for hydroxylation is 1. The quantitative estimate of drug-likeness (QED) is 0.858. The predicted octanol–water partition coefficient (Wildman–Crippen LogP) is 3.82. The highest BCUT2D eigenvalue weighted by Crippen LogP contribution is 2.39. The summed E-state index contributed by atoms with van der Waals surface area (Å²) in [6, 6.07) is 2.06. The van der Waals surface area contributed by atoms with Gasteiger partial charge in [-0.25, -0.2) is 0 Å². The largest absolute Gasteiger partial charge is 0.432 e. The first-order chi connectivity index (χ1) is 6.72. The minimum absolute atomic E-state index is 0.0447. The van der Waals surface area contributed by atoms with Gasteiger partial charge in [-0.2, -0.15) is 4.37 Å². The van der Waals surface area contributed by atoms with Crippen LogP contribution in [0.5, 0.6) is 0 Å². The van der Waals surface area contributed by atoms with E-state index in [1.54, 1.807) is 0 Å². The van der Waals surface area contributed by atoms with Crippen LogP contribution in [0.3, 0.4) is 0 Å². The van der Waals surface area contributed by atoms with Crippen LogP contribution in [0, 0.1) is 0 Å². The summed E-state index contributed by atoms with van der Waals surface area (Å²) in [5.41, 5.74) is 1.12. The zero-order valence-electron chi connectivity index (χ0n) is 9.67. The van der Waals surface area contributed by atoms with Gasteiger partial charge in [0.05, 0.1) is 9.48 Å². The molecular formula is C10H18BrNOSSi. The Bertz CT molecular complexity index is 332. The summed E-state index contributed by atoms with van der Waals surface area (Å²) in [5, 5.41) is 0.0447. The second kappa shape index (κ2) is 4.65. The molecule has 86 valence electrons. The lowest BCUT2D eigenvalue weighted by molar-refractivity contribution is 0.450. The summed E-state index contributed by atoms with van der Waals surface area (Å²) in [6.45, 7) is 8.31. The van der Waals surface area contributed by atoms with E-state index in [9.17, 15) is 4.80 Å². The molecule has 1 rings (SSSR count). The van der Waals surface area contributed by atoms with Gasteiger partial charge in [-0.05, 0) is 64.5 Å². The van der Waals surface area contributed by atoms with Gasteiger partial charge < -0.3 is 4.80 Å². The third kappa shape index (κ3) is 3.66. The highest BCUT2D eigenvalue weighted by atomic mass is 79.9. The molecule has 0 fully saturated rings. The van der Waals surface area contributed by atoms with Crippen molar-refractivity contribution in [1.82, 2.24) is 4.37 Å². The smallest absolute Gasteiger partial charge is 0.188 e. The van der Waals surface area contributed by atoms with Gasteiger partial charge in [-0.3, -0.25) is 0 Å². The highest BCUT2D eigenvalue weighted by Gasteiger charge is 2.37. The van der Waals surface area contributed by atoms with Crippen molar-refractivity contribution < 1.29 is 4.80 Å². The fourth-order valence-corrected chi connectivity index (χ4v) is 2.91. The average molecular weight is 308 g/mol. The van der Waals surface area contributed by atoms with Crippen LogP contribution in [0.25, 0.3) is 0 Å². The molecule has 0 saturated heterocycles. The fourth-order valence-electron chi connectivity index (χ4n) is 1.15. The number of hydrogen-bond acceptors (Lipinski definition) is 3. The molecule has 0 bridgehead atoms. The molecular weight excluding hydrogens is 290 g/mol. The predicted molar refractivity (Wildman–Crippen MR) is 71.9 cm³/mol. The topological polar surface area (TPSA) is 33.1 Å². The molecule has 0 radical (unpaired) electrons. The third-order valence-corrected chi connectivity index (χ3v) is 8.04. The Morgan fingerprint density at radius 3 is 2.53 bits per heavy atom. The average Bonchev–Trinajstić information content (AvgIpc) is 2.46. The lowest BCUT2D eigenvalue weighted by Crippen LogP contribution is -2.39. The molecule has 2 nitrogen and oxygen atoms in total. The lowest BCUT2D eigenvalue weighted by atomic mass is 10.1. The summed E-state index contributed by atoms with van der Waals surface area (Å²) >= 11 is 4.89. The number of halogens is 1. The Kier molecular flexibility index (Phi) is 4.14. The standard InChI is InChI=1S/C10H18BrNOSSi/c1-10(2,15(3,4)13)6-5-8-7-9(11)14-12-8/h7,13H,5-6H2,1-4H3. The summed E-state index contributed by atoms with van der Waals surface area (Å²) in [6.07, 6.45) is 1.95. The first-order valence-corrected chi connectivity index (χ1v) is 9.57. The van der Waals surface area contributed by atoms with Gasteiger partial charge in [0.2, 0.25) is 0 Å². The third-order valence-electron chi connectivity index (χ3n) is 3.19. The summed E-state index contributed by atoms with van der Waals surface area (Å²) in [4.78, 5) is 10.1. The number of rotatable bonds is 4. The molecule has 0 aliphatic carbocycles. The molecule has 0 amide bonds. The van der Waals surface area contributed by atoms with Crippen molar-refractivity contribution in [3.8, 4) is 0 Å². The van der Waals surface area contributed by atoms with Crippen LogP contribution in [0.2, 0.25) is 18.1 Å². The molecule has 1 N–H and O–H groups in total. The second-order valence-corrected chi connectivity index (χ2v) is 11.7. The zero-order chi connectivity index (χ0) is 11.7. The number of aromatic nitrogens is 1. The van der Waals surface area contributed by atoms with Gasteiger partial charge in [0, 0.05) is 0 Å². The summed E-state index contributed by atoms with van der Waals surface area (Å²) in [7, 11) is -2.07. The molecule has 0 aliphatic rings. The molecule has 1 heterocycles. The maximum Gasteiger partial charge on any atom is 0.188 e. The lowest BCUT2D eigenvalue weighted by Gasteiger charge is -2.34. The highest BCUT2D eigenvalue weighted by molar-refractivity contribution is 9.11. The molecule has 0 atom stereocenters. The number of hydrogen-bond donors (Lipinski definition) is 1. The second-order valence-electron chi connectivity index (χ2n) is 5.07. The molecule has 1 aromatic heterocycles. The first kappa shape index (κ1) is 13.4. The van der Waals surface area contributed by atoms with Crippen molar-refractivity contribution >= 4 is 35.8 Å². The monoisotopic (exact) mass is 307 g/mol. The van der Waals surface area contributed by atoms with E-state index in [-0.39, 0.29) is 5.04 Å². The van der Waals surface area contributed by atoms with Crippen molar-refractivity contribution in [1.29, 1.82) is 0 Å². The Balaban J connectivity index is 2.57. The van der Waals surface area contributed by atoms with Gasteiger partial charge in [-0.1, -0.05) is 13.8 Å². The molecule has 0 aromatic carbocycles. The van der Waals surface area contributed by atoms with E-state index in [4.69, 9.17) is 0 Å². The van der Waals surface area contributed by atoms with Gasteiger partial charge in [0.1, 0.15) is 0 Å². The SMILES string of the molecule is CC(C)(CCc1cc(Br)sn1)[Si](C)(C)O. The van der Waals surface area contributed by atoms with Gasteiger partial charge in [-0.15, -0.1) is 0 Å². The van der Waals surface area contributed by atoms with Crippen LogP contribution in [-0.4, -0.2) is 17.5 Å². The van der Waals surface area contributed by atoms with Gasteiger partial charge in [0.15, 0.2) is 8.32 Å². The minimum Gasteiger partial charge on any atom is -0.432 e. The van der Waals surface area contributed by atoms with Crippen molar-refractivity contribution in [3.05, 3.63) is 15.5 Å². The maximum absolute atomic E-state index is 10.1. The molecule has 0 aliphatic heterocycles. The van der Waals surface area contributed by atoms with E-state index in [1.165, 1.54) is 11.5 Å². The fraction of sp³-hybridized carbons (Fsp3) is 0.700. The van der Waals surface area contributed by atoms with Crippen LogP contribution in [-0.2, 0) is 6.42 Å². The molecule has 0 unspecified atom stereocenters. The molecule has 0 saturated carbocycles. The van der Waals surface area contributed by atoms with E-state index in [1.807, 2.05) is 13.1 Å². The van der Waals surface area contributed by atoms with E-state index in [0.29, 0.717) is 0 Å². The minimum atomic E-state index is -2.07. The Hall–Kier alpha value is 0.287. The Labute approximate surface area is 105 Å². The van der Waals surface area contributed by atoms with Crippen molar-refractivity contribution in [3.63, 3.8) is 0 Å². The molecule has 1 aromatic rings. The van der Waals surface area contributed by atoms with E-state index >= 15 is 0 Å². The molecule has 0 spiro atoms. The normalized spacial score (nSPS) is 13.2. The van der Waals surface area contributed by atoms with E-state index < -0.39 is 8.32 Å². The first-order valence-electron chi connectivity index (χ1n) is 5.06. The van der Waals surface area contributed by atoms with Crippen LogP contribution in [0.15, 0.2) is 9.85 Å².